The molecule has 1 saturated heterocycles. The summed E-state index contributed by atoms with van der Waals surface area (Å²) in [6, 6.07) is 12.4. The Hall–Kier alpha value is -4.27. The SMILES string of the molecule is CC(C)n1cnnc1-c1cccc(N2CCN(c3ccc4nc(NC5CC5)sc4c3)C2=O)n1.O=C(O)C(F)(F)F. The molecule has 2 amide bonds. The third kappa shape index (κ3) is 5.83. The second-order valence-electron chi connectivity index (χ2n) is 9.52. The van der Waals surface area contributed by atoms with Gasteiger partial charge in [-0.15, -0.1) is 10.2 Å². The molecular weight excluding hydrogens is 549 g/mol. The number of aliphatic carboxylic acids is 1. The number of pyridine rings is 1. The molecular formula is C25H25F3N8O3S. The van der Waals surface area contributed by atoms with E-state index in [9.17, 15) is 18.0 Å². The fourth-order valence-electron chi connectivity index (χ4n) is 4.04. The van der Waals surface area contributed by atoms with Gasteiger partial charge in [-0.1, -0.05) is 17.4 Å². The monoisotopic (exact) mass is 574 g/mol. The molecule has 2 aliphatic rings. The van der Waals surface area contributed by atoms with Crippen molar-refractivity contribution >= 4 is 50.2 Å². The van der Waals surface area contributed by atoms with Gasteiger partial charge in [0.1, 0.15) is 17.8 Å². The Morgan fingerprint density at radius 2 is 1.85 bits per heavy atom. The summed E-state index contributed by atoms with van der Waals surface area (Å²) in [6.45, 7) is 5.32. The van der Waals surface area contributed by atoms with E-state index in [-0.39, 0.29) is 12.1 Å². The number of hydrogen-bond acceptors (Lipinski definition) is 8. The van der Waals surface area contributed by atoms with E-state index in [2.05, 4.69) is 40.4 Å². The van der Waals surface area contributed by atoms with Crippen molar-refractivity contribution < 1.29 is 27.9 Å². The van der Waals surface area contributed by atoms with Crippen LogP contribution < -0.4 is 15.1 Å². The number of halogens is 3. The maximum absolute atomic E-state index is 13.3. The molecule has 1 aliphatic carbocycles. The molecule has 6 rings (SSSR count). The largest absolute Gasteiger partial charge is 0.490 e. The van der Waals surface area contributed by atoms with Crippen molar-refractivity contribution in [1.29, 1.82) is 0 Å². The zero-order valence-corrected chi connectivity index (χ0v) is 22.3. The maximum atomic E-state index is 13.3. The second kappa shape index (κ2) is 10.7. The van der Waals surface area contributed by atoms with Crippen LogP contribution in [0, 0.1) is 0 Å². The van der Waals surface area contributed by atoms with E-state index in [1.807, 2.05) is 34.9 Å². The number of carbonyl (C=O) groups excluding carboxylic acids is 1. The smallest absolute Gasteiger partial charge is 0.475 e. The van der Waals surface area contributed by atoms with Crippen LogP contribution in [0.5, 0.6) is 0 Å². The summed E-state index contributed by atoms with van der Waals surface area (Å²) in [5.74, 6) is -1.44. The van der Waals surface area contributed by atoms with Gasteiger partial charge in [0.15, 0.2) is 11.0 Å². The van der Waals surface area contributed by atoms with Gasteiger partial charge in [0, 0.05) is 30.9 Å². The van der Waals surface area contributed by atoms with Crippen LogP contribution in [0.25, 0.3) is 21.7 Å². The molecule has 40 heavy (non-hydrogen) atoms. The number of alkyl halides is 3. The highest BCUT2D eigenvalue weighted by Crippen LogP contribution is 2.34. The average molecular weight is 575 g/mol. The molecule has 0 atom stereocenters. The van der Waals surface area contributed by atoms with Crippen LogP contribution in [-0.2, 0) is 4.79 Å². The minimum Gasteiger partial charge on any atom is -0.475 e. The molecule has 2 fully saturated rings. The first-order valence-corrected chi connectivity index (χ1v) is 13.3. The lowest BCUT2D eigenvalue weighted by atomic mass is 10.3. The third-order valence-electron chi connectivity index (χ3n) is 6.21. The van der Waals surface area contributed by atoms with E-state index in [0.717, 1.165) is 21.0 Å². The van der Waals surface area contributed by atoms with Gasteiger partial charge in [-0.05, 0) is 57.0 Å². The number of carbonyl (C=O) groups is 2. The Bertz CT molecular complexity index is 1550. The number of anilines is 3. The van der Waals surface area contributed by atoms with Crippen LogP contribution in [-0.4, -0.2) is 67.1 Å². The second-order valence-corrected chi connectivity index (χ2v) is 10.5. The highest BCUT2D eigenvalue weighted by molar-refractivity contribution is 7.22. The van der Waals surface area contributed by atoms with Gasteiger partial charge < -0.3 is 15.0 Å². The van der Waals surface area contributed by atoms with Gasteiger partial charge in [0.2, 0.25) is 0 Å². The maximum Gasteiger partial charge on any atom is 0.490 e. The molecule has 4 heterocycles. The van der Waals surface area contributed by atoms with E-state index in [4.69, 9.17) is 14.9 Å². The highest BCUT2D eigenvalue weighted by Gasteiger charge is 2.38. The van der Waals surface area contributed by atoms with Crippen molar-refractivity contribution in [3.05, 3.63) is 42.7 Å². The van der Waals surface area contributed by atoms with Crippen molar-refractivity contribution in [3.8, 4) is 11.5 Å². The summed E-state index contributed by atoms with van der Waals surface area (Å²) in [7, 11) is 0. The topological polar surface area (TPSA) is 129 Å². The number of urea groups is 1. The van der Waals surface area contributed by atoms with E-state index in [1.54, 1.807) is 27.5 Å². The standard InChI is InChI=1S/C23H24N8OS.C2HF3O2/c1-14(2)31-13-24-28-21(31)18-4-3-5-20(26-18)30-11-10-29(23(30)32)16-8-9-17-19(12-16)33-22(27-17)25-15-6-7-15;3-2(4,5)1(6)7/h3-5,8-9,12-15H,6-7,10-11H2,1-2H3,(H,25,27);(H,6,7). The number of carboxylic acids is 1. The predicted molar refractivity (Wildman–Crippen MR) is 144 cm³/mol. The van der Waals surface area contributed by atoms with Crippen LogP contribution in [0.15, 0.2) is 42.7 Å². The first kappa shape index (κ1) is 27.3. The summed E-state index contributed by atoms with van der Waals surface area (Å²) in [4.78, 5) is 35.2. The van der Waals surface area contributed by atoms with Gasteiger partial charge in [0.25, 0.3) is 0 Å². The summed E-state index contributed by atoms with van der Waals surface area (Å²) in [6.07, 6.45) is -0.951. The molecule has 0 radical (unpaired) electrons. The zero-order chi connectivity index (χ0) is 28.6. The van der Waals surface area contributed by atoms with Crippen molar-refractivity contribution in [2.75, 3.05) is 28.2 Å². The Balaban J connectivity index is 0.000000411. The summed E-state index contributed by atoms with van der Waals surface area (Å²) >= 11 is 1.64. The van der Waals surface area contributed by atoms with Crippen LogP contribution in [0.4, 0.5) is 34.6 Å². The highest BCUT2D eigenvalue weighted by atomic mass is 32.1. The van der Waals surface area contributed by atoms with E-state index < -0.39 is 12.1 Å². The molecule has 1 aromatic carbocycles. The number of fused-ring (bicyclic) bond motifs is 1. The number of carboxylic acid groups (broad SMARTS) is 1. The number of thiazole rings is 1. The lowest BCUT2D eigenvalue weighted by Crippen LogP contribution is -2.32. The van der Waals surface area contributed by atoms with Gasteiger partial charge in [-0.3, -0.25) is 9.80 Å². The quantitative estimate of drug-likeness (QED) is 0.322. The summed E-state index contributed by atoms with van der Waals surface area (Å²) in [5.41, 5.74) is 2.54. The normalized spacial score (nSPS) is 15.5. The number of hydrogen-bond donors (Lipinski definition) is 2. The van der Waals surface area contributed by atoms with E-state index >= 15 is 0 Å². The molecule has 0 unspecified atom stereocenters. The fraction of sp³-hybridized carbons (Fsp3) is 0.360. The molecule has 11 nitrogen and oxygen atoms in total. The molecule has 0 bridgehead atoms. The number of amides is 2. The third-order valence-corrected chi connectivity index (χ3v) is 7.16. The van der Waals surface area contributed by atoms with Crippen LogP contribution in [0.3, 0.4) is 0 Å². The first-order valence-electron chi connectivity index (χ1n) is 12.4. The number of nitrogens with zero attached hydrogens (tertiary/aromatic N) is 7. The molecule has 0 spiro atoms. The molecule has 1 aliphatic heterocycles. The zero-order valence-electron chi connectivity index (χ0n) is 21.5. The van der Waals surface area contributed by atoms with Crippen LogP contribution in [0.2, 0.25) is 0 Å². The fourth-order valence-corrected chi connectivity index (χ4v) is 5.01. The average Bonchev–Trinajstić information content (AvgIpc) is 3.28. The number of nitrogens with one attached hydrogen (secondary N) is 1. The Kier molecular flexibility index (Phi) is 7.31. The van der Waals surface area contributed by atoms with Crippen LogP contribution >= 0.6 is 11.3 Å². The van der Waals surface area contributed by atoms with Crippen molar-refractivity contribution in [2.24, 2.45) is 0 Å². The minimum absolute atomic E-state index is 0.0785. The summed E-state index contributed by atoms with van der Waals surface area (Å²) in [5, 5.41) is 19.8. The van der Waals surface area contributed by atoms with Gasteiger partial charge >= 0.3 is 18.2 Å². The van der Waals surface area contributed by atoms with E-state index in [1.165, 1.54) is 12.8 Å². The first-order chi connectivity index (χ1) is 19.0. The molecule has 1 saturated carbocycles. The molecule has 15 heteroatoms. The minimum atomic E-state index is -5.08. The molecule has 4 aromatic rings. The molecule has 3 aromatic heterocycles. The summed E-state index contributed by atoms with van der Waals surface area (Å²) < 4.78 is 34.8. The lowest BCUT2D eigenvalue weighted by Gasteiger charge is -2.18. The predicted octanol–water partition coefficient (Wildman–Crippen LogP) is 5.18. The van der Waals surface area contributed by atoms with Crippen molar-refractivity contribution in [3.63, 3.8) is 0 Å². The van der Waals surface area contributed by atoms with Gasteiger partial charge in [-0.2, -0.15) is 13.2 Å². The van der Waals surface area contributed by atoms with Crippen molar-refractivity contribution in [2.45, 2.75) is 44.9 Å². The Morgan fingerprint density at radius 3 is 2.52 bits per heavy atom. The number of aromatic nitrogens is 5. The molecule has 2 N–H and O–H groups in total. The van der Waals surface area contributed by atoms with Crippen molar-refractivity contribution in [1.82, 2.24) is 24.7 Å². The Morgan fingerprint density at radius 1 is 1.12 bits per heavy atom. The van der Waals surface area contributed by atoms with E-state index in [0.29, 0.717) is 36.5 Å². The Labute approximate surface area is 230 Å². The number of benzene rings is 1. The number of rotatable bonds is 6. The molecule has 210 valence electrons. The van der Waals surface area contributed by atoms with Gasteiger partial charge in [0.05, 0.1) is 10.2 Å². The van der Waals surface area contributed by atoms with Crippen LogP contribution in [0.1, 0.15) is 32.7 Å². The lowest BCUT2D eigenvalue weighted by molar-refractivity contribution is -0.192. The van der Waals surface area contributed by atoms with Gasteiger partial charge in [-0.25, -0.2) is 19.6 Å².